The van der Waals surface area contributed by atoms with Gasteiger partial charge in [-0.1, -0.05) is 0 Å². The van der Waals surface area contributed by atoms with Gasteiger partial charge in [0.15, 0.2) is 0 Å². The quantitative estimate of drug-likeness (QED) is 0.913. The van der Waals surface area contributed by atoms with Crippen LogP contribution in [-0.2, 0) is 0 Å². The zero-order valence-electron chi connectivity index (χ0n) is 10.2. The number of anilines is 1. The standard InChI is InChI=1S/C14H16BrN3/c15-12-7-10(8-16)1-2-13(12)17-14-9-18-5-3-11(14)4-6-18/h1-2,7,11,14,17H,3-6,9H2. The molecule has 1 N–H and O–H groups in total. The van der Waals surface area contributed by atoms with Crippen LogP contribution in [0.25, 0.3) is 0 Å². The minimum absolute atomic E-state index is 0.553. The summed E-state index contributed by atoms with van der Waals surface area (Å²) in [4.78, 5) is 2.54. The zero-order chi connectivity index (χ0) is 12.5. The molecular formula is C14H16BrN3. The molecule has 18 heavy (non-hydrogen) atoms. The van der Waals surface area contributed by atoms with Crippen molar-refractivity contribution in [2.45, 2.75) is 18.9 Å². The lowest BCUT2D eigenvalue weighted by atomic mass is 9.84. The van der Waals surface area contributed by atoms with Gasteiger partial charge in [-0.2, -0.15) is 5.26 Å². The minimum atomic E-state index is 0.553. The zero-order valence-corrected chi connectivity index (χ0v) is 11.8. The molecule has 4 heteroatoms. The fourth-order valence-corrected chi connectivity index (χ4v) is 3.52. The Morgan fingerprint density at radius 2 is 2.11 bits per heavy atom. The van der Waals surface area contributed by atoms with Crippen molar-refractivity contribution in [3.63, 3.8) is 0 Å². The highest BCUT2D eigenvalue weighted by Gasteiger charge is 2.34. The van der Waals surface area contributed by atoms with Gasteiger partial charge < -0.3 is 10.2 Å². The Hall–Kier alpha value is -1.05. The summed E-state index contributed by atoms with van der Waals surface area (Å²) in [5.74, 6) is 0.803. The second-order valence-electron chi connectivity index (χ2n) is 5.20. The Labute approximate surface area is 116 Å². The molecule has 2 bridgehead atoms. The third kappa shape index (κ3) is 2.25. The second-order valence-corrected chi connectivity index (χ2v) is 6.05. The average molecular weight is 306 g/mol. The Bertz CT molecular complexity index is 486. The fourth-order valence-electron chi connectivity index (χ4n) is 3.03. The molecule has 1 aromatic carbocycles. The Morgan fingerprint density at radius 3 is 2.67 bits per heavy atom. The Morgan fingerprint density at radius 1 is 1.33 bits per heavy atom. The molecule has 0 aliphatic carbocycles. The van der Waals surface area contributed by atoms with E-state index in [0.29, 0.717) is 11.6 Å². The van der Waals surface area contributed by atoms with Crippen molar-refractivity contribution in [3.8, 4) is 6.07 Å². The molecule has 3 aliphatic rings. The van der Waals surface area contributed by atoms with Crippen molar-refractivity contribution in [2.24, 2.45) is 5.92 Å². The molecule has 0 spiro atoms. The van der Waals surface area contributed by atoms with E-state index in [-0.39, 0.29) is 0 Å². The maximum atomic E-state index is 8.86. The van der Waals surface area contributed by atoms with Gasteiger partial charge in [0.2, 0.25) is 0 Å². The Balaban J connectivity index is 1.75. The molecule has 3 saturated heterocycles. The van der Waals surface area contributed by atoms with Crippen LogP contribution in [0.4, 0.5) is 5.69 Å². The minimum Gasteiger partial charge on any atom is -0.380 e. The van der Waals surface area contributed by atoms with E-state index in [0.717, 1.165) is 22.6 Å². The number of fused-ring (bicyclic) bond motifs is 3. The number of hydrogen-bond acceptors (Lipinski definition) is 3. The number of halogens is 1. The summed E-state index contributed by atoms with van der Waals surface area (Å²) in [5.41, 5.74) is 1.80. The third-order valence-electron chi connectivity index (χ3n) is 4.10. The number of benzene rings is 1. The van der Waals surface area contributed by atoms with Gasteiger partial charge in [-0.15, -0.1) is 0 Å². The molecule has 4 rings (SSSR count). The molecule has 0 amide bonds. The van der Waals surface area contributed by atoms with E-state index in [1.54, 1.807) is 0 Å². The summed E-state index contributed by atoms with van der Waals surface area (Å²) >= 11 is 3.54. The van der Waals surface area contributed by atoms with E-state index < -0.39 is 0 Å². The van der Waals surface area contributed by atoms with Gasteiger partial charge in [-0.05, 0) is 66.0 Å². The molecule has 1 aromatic rings. The first-order valence-corrected chi connectivity index (χ1v) is 7.24. The lowest BCUT2D eigenvalue weighted by Gasteiger charge is -2.45. The molecule has 3 fully saturated rings. The number of nitriles is 1. The van der Waals surface area contributed by atoms with Crippen LogP contribution in [0.2, 0.25) is 0 Å². The molecule has 1 atom stereocenters. The van der Waals surface area contributed by atoms with Gasteiger partial charge in [0.05, 0.1) is 11.6 Å². The number of hydrogen-bond donors (Lipinski definition) is 1. The lowest BCUT2D eigenvalue weighted by molar-refractivity contribution is 0.0975. The normalized spacial score (nSPS) is 29.9. The lowest BCUT2D eigenvalue weighted by Crippen LogP contribution is -2.53. The largest absolute Gasteiger partial charge is 0.380 e. The van der Waals surface area contributed by atoms with E-state index in [4.69, 9.17) is 5.26 Å². The second kappa shape index (κ2) is 4.91. The predicted molar refractivity (Wildman–Crippen MR) is 75.4 cm³/mol. The van der Waals surface area contributed by atoms with Crippen LogP contribution in [0.3, 0.4) is 0 Å². The van der Waals surface area contributed by atoms with Gasteiger partial charge in [-0.25, -0.2) is 0 Å². The van der Waals surface area contributed by atoms with E-state index in [1.807, 2.05) is 18.2 Å². The highest BCUT2D eigenvalue weighted by molar-refractivity contribution is 9.10. The van der Waals surface area contributed by atoms with Gasteiger partial charge in [-0.3, -0.25) is 0 Å². The molecule has 0 radical (unpaired) electrons. The SMILES string of the molecule is N#Cc1ccc(NC2CN3CCC2CC3)c(Br)c1. The molecule has 3 heterocycles. The van der Waals surface area contributed by atoms with Crippen molar-refractivity contribution >= 4 is 21.6 Å². The van der Waals surface area contributed by atoms with Crippen molar-refractivity contribution < 1.29 is 0 Å². The molecule has 1 unspecified atom stereocenters. The maximum Gasteiger partial charge on any atom is 0.0992 e. The summed E-state index contributed by atoms with van der Waals surface area (Å²) < 4.78 is 0.984. The number of piperidine rings is 3. The molecular weight excluding hydrogens is 290 g/mol. The fraction of sp³-hybridized carbons (Fsp3) is 0.500. The van der Waals surface area contributed by atoms with Crippen molar-refractivity contribution in [1.82, 2.24) is 4.90 Å². The Kier molecular flexibility index (Phi) is 3.27. The molecule has 0 aromatic heterocycles. The number of nitrogens with one attached hydrogen (secondary N) is 1. The maximum absolute atomic E-state index is 8.86. The van der Waals surface area contributed by atoms with E-state index in [2.05, 4.69) is 32.2 Å². The predicted octanol–water partition coefficient (Wildman–Crippen LogP) is 2.83. The van der Waals surface area contributed by atoms with Crippen LogP contribution < -0.4 is 5.32 Å². The summed E-state index contributed by atoms with van der Waals surface area (Å²) in [6.45, 7) is 3.67. The van der Waals surface area contributed by atoms with Crippen LogP contribution in [0.15, 0.2) is 22.7 Å². The van der Waals surface area contributed by atoms with E-state index >= 15 is 0 Å². The van der Waals surface area contributed by atoms with E-state index in [9.17, 15) is 0 Å². The van der Waals surface area contributed by atoms with Gasteiger partial charge in [0.1, 0.15) is 0 Å². The van der Waals surface area contributed by atoms with Crippen molar-refractivity contribution in [3.05, 3.63) is 28.2 Å². The molecule has 0 saturated carbocycles. The van der Waals surface area contributed by atoms with Gasteiger partial charge in [0.25, 0.3) is 0 Å². The first-order valence-electron chi connectivity index (χ1n) is 6.45. The summed E-state index contributed by atoms with van der Waals surface area (Å²) in [6, 6.07) is 8.46. The van der Waals surface area contributed by atoms with Crippen LogP contribution >= 0.6 is 15.9 Å². The summed E-state index contributed by atoms with van der Waals surface area (Å²) in [6.07, 6.45) is 2.62. The van der Waals surface area contributed by atoms with Crippen LogP contribution in [0.1, 0.15) is 18.4 Å². The van der Waals surface area contributed by atoms with Gasteiger partial charge >= 0.3 is 0 Å². The smallest absolute Gasteiger partial charge is 0.0992 e. The van der Waals surface area contributed by atoms with Gasteiger partial charge in [0, 0.05) is 22.7 Å². The number of rotatable bonds is 2. The highest BCUT2D eigenvalue weighted by Crippen LogP contribution is 2.32. The van der Waals surface area contributed by atoms with E-state index in [1.165, 1.54) is 25.9 Å². The highest BCUT2D eigenvalue weighted by atomic mass is 79.9. The average Bonchev–Trinajstić information content (AvgIpc) is 2.42. The molecule has 3 aliphatic heterocycles. The monoisotopic (exact) mass is 305 g/mol. The third-order valence-corrected chi connectivity index (χ3v) is 4.75. The first kappa shape index (κ1) is 12.0. The van der Waals surface area contributed by atoms with Crippen molar-refractivity contribution in [2.75, 3.05) is 25.0 Å². The summed E-state index contributed by atoms with van der Waals surface area (Å²) in [5, 5.41) is 12.5. The molecule has 94 valence electrons. The van der Waals surface area contributed by atoms with Crippen molar-refractivity contribution in [1.29, 1.82) is 5.26 Å². The summed E-state index contributed by atoms with van der Waals surface area (Å²) in [7, 11) is 0. The van der Waals surface area contributed by atoms with Crippen LogP contribution in [0.5, 0.6) is 0 Å². The van der Waals surface area contributed by atoms with Crippen LogP contribution in [-0.4, -0.2) is 30.6 Å². The number of nitrogens with zero attached hydrogens (tertiary/aromatic N) is 2. The topological polar surface area (TPSA) is 39.1 Å². The first-order chi connectivity index (χ1) is 8.76. The van der Waals surface area contributed by atoms with Crippen LogP contribution in [0, 0.1) is 17.2 Å². The molecule has 3 nitrogen and oxygen atoms in total.